The highest BCUT2D eigenvalue weighted by atomic mass is 35.5. The maximum atomic E-state index is 13.8. The first-order valence-corrected chi connectivity index (χ1v) is 14.0. The molecule has 0 saturated carbocycles. The Kier molecular flexibility index (Phi) is 9.76. The predicted molar refractivity (Wildman–Crippen MR) is 147 cm³/mol. The van der Waals surface area contributed by atoms with Gasteiger partial charge in [-0.3, -0.25) is 13.9 Å². The molecule has 0 heterocycles. The van der Waals surface area contributed by atoms with Crippen LogP contribution in [0.1, 0.15) is 25.0 Å². The van der Waals surface area contributed by atoms with Gasteiger partial charge in [-0.1, -0.05) is 53.0 Å². The Labute approximate surface area is 232 Å². The first-order valence-electron chi connectivity index (χ1n) is 11.8. The zero-order valence-corrected chi connectivity index (χ0v) is 23.4. The van der Waals surface area contributed by atoms with Gasteiger partial charge in [0.2, 0.25) is 11.8 Å². The van der Waals surface area contributed by atoms with Gasteiger partial charge in [0.15, 0.2) is 0 Å². The van der Waals surface area contributed by atoms with Gasteiger partial charge in [0, 0.05) is 13.1 Å². The molecular formula is C27H28Cl2FN3O4S. The van der Waals surface area contributed by atoms with Crippen molar-refractivity contribution in [1.29, 1.82) is 0 Å². The summed E-state index contributed by atoms with van der Waals surface area (Å²) in [5.74, 6) is -1.50. The molecule has 38 heavy (non-hydrogen) atoms. The molecule has 3 aromatic carbocycles. The summed E-state index contributed by atoms with van der Waals surface area (Å²) < 4.78 is 41.9. The van der Waals surface area contributed by atoms with E-state index >= 15 is 0 Å². The first-order chi connectivity index (χ1) is 17.9. The molecule has 3 aromatic rings. The second-order valence-electron chi connectivity index (χ2n) is 8.64. The van der Waals surface area contributed by atoms with Gasteiger partial charge in [-0.15, -0.1) is 0 Å². The lowest BCUT2D eigenvalue weighted by Gasteiger charge is -2.32. The maximum Gasteiger partial charge on any atom is 0.264 e. The number of aryl methyl sites for hydroxylation is 1. The number of carbonyl (C=O) groups is 2. The van der Waals surface area contributed by atoms with Gasteiger partial charge < -0.3 is 10.2 Å². The van der Waals surface area contributed by atoms with Crippen molar-refractivity contribution >= 4 is 50.7 Å². The van der Waals surface area contributed by atoms with Crippen molar-refractivity contribution in [2.45, 2.75) is 38.3 Å². The normalized spacial score (nSPS) is 12.1. The quantitative estimate of drug-likeness (QED) is 0.358. The third-order valence-corrected chi connectivity index (χ3v) is 8.39. The number of sulfonamides is 1. The second-order valence-corrected chi connectivity index (χ2v) is 11.3. The third-order valence-electron chi connectivity index (χ3n) is 5.86. The number of hydrogen-bond acceptors (Lipinski definition) is 4. The number of nitrogens with one attached hydrogen (secondary N) is 1. The number of amides is 2. The number of halogens is 3. The molecule has 1 N–H and O–H groups in total. The monoisotopic (exact) mass is 579 g/mol. The van der Waals surface area contributed by atoms with Crippen molar-refractivity contribution in [3.63, 3.8) is 0 Å². The predicted octanol–water partition coefficient (Wildman–Crippen LogP) is 5.19. The number of nitrogens with zero attached hydrogens (tertiary/aromatic N) is 2. The molecule has 0 bridgehead atoms. The van der Waals surface area contributed by atoms with Crippen molar-refractivity contribution in [1.82, 2.24) is 10.2 Å². The third kappa shape index (κ3) is 7.03. The molecular weight excluding hydrogens is 552 g/mol. The molecule has 0 radical (unpaired) electrons. The van der Waals surface area contributed by atoms with Crippen LogP contribution >= 0.6 is 23.2 Å². The summed E-state index contributed by atoms with van der Waals surface area (Å²) in [6.45, 7) is 4.79. The molecule has 0 aliphatic carbocycles. The molecule has 0 aliphatic heterocycles. The van der Waals surface area contributed by atoms with E-state index < -0.39 is 40.2 Å². The van der Waals surface area contributed by atoms with Crippen molar-refractivity contribution in [2.24, 2.45) is 0 Å². The highest BCUT2D eigenvalue weighted by Crippen LogP contribution is 2.31. The highest BCUT2D eigenvalue weighted by Gasteiger charge is 2.32. The summed E-state index contributed by atoms with van der Waals surface area (Å²) in [5.41, 5.74) is 1.56. The number of carbonyl (C=O) groups excluding carboxylic acids is 2. The van der Waals surface area contributed by atoms with Crippen LogP contribution in [0.3, 0.4) is 0 Å². The van der Waals surface area contributed by atoms with Crippen molar-refractivity contribution < 1.29 is 22.4 Å². The standard InChI is InChI=1S/C27H28Cl2FN3O4S/c1-4-31-27(35)19(3)32(16-20-7-9-21(30)10-8-20)26(34)17-33(22-11-14-24(28)25(29)15-22)38(36,37)23-12-5-18(2)6-13-23/h5-15,19H,4,16-17H2,1-3H3,(H,31,35)/t19-/m1/s1. The molecule has 11 heteroatoms. The van der Waals surface area contributed by atoms with E-state index in [-0.39, 0.29) is 27.2 Å². The molecule has 0 spiro atoms. The minimum Gasteiger partial charge on any atom is -0.355 e. The molecule has 0 unspecified atom stereocenters. The van der Waals surface area contributed by atoms with Crippen LogP contribution in [-0.4, -0.2) is 44.3 Å². The first kappa shape index (κ1) is 29.4. The SMILES string of the molecule is CCNC(=O)[C@@H](C)N(Cc1ccc(F)cc1)C(=O)CN(c1ccc(Cl)c(Cl)c1)S(=O)(=O)c1ccc(C)cc1. The van der Waals surface area contributed by atoms with Crippen LogP contribution in [-0.2, 0) is 26.2 Å². The average Bonchev–Trinajstić information content (AvgIpc) is 2.88. The van der Waals surface area contributed by atoms with Crippen LogP contribution < -0.4 is 9.62 Å². The molecule has 0 aliphatic rings. The number of rotatable bonds is 10. The lowest BCUT2D eigenvalue weighted by molar-refractivity contribution is -0.139. The van der Waals surface area contributed by atoms with E-state index in [2.05, 4.69) is 5.32 Å². The van der Waals surface area contributed by atoms with E-state index in [4.69, 9.17) is 23.2 Å². The fraction of sp³-hybridized carbons (Fsp3) is 0.259. The van der Waals surface area contributed by atoms with E-state index in [1.165, 1.54) is 59.5 Å². The van der Waals surface area contributed by atoms with E-state index in [9.17, 15) is 22.4 Å². The Morgan fingerprint density at radius 2 is 1.61 bits per heavy atom. The molecule has 0 saturated heterocycles. The number of benzene rings is 3. The summed E-state index contributed by atoms with van der Waals surface area (Å²) in [5, 5.41) is 3.01. The summed E-state index contributed by atoms with van der Waals surface area (Å²) in [4.78, 5) is 27.7. The van der Waals surface area contributed by atoms with E-state index in [0.717, 1.165) is 9.87 Å². The Balaban J connectivity index is 2.05. The van der Waals surface area contributed by atoms with E-state index in [0.29, 0.717) is 12.1 Å². The summed E-state index contributed by atoms with van der Waals surface area (Å²) >= 11 is 12.2. The minimum atomic E-state index is -4.23. The molecule has 0 aromatic heterocycles. The summed E-state index contributed by atoms with van der Waals surface area (Å²) in [6.07, 6.45) is 0. The zero-order valence-electron chi connectivity index (χ0n) is 21.1. The second kappa shape index (κ2) is 12.6. The van der Waals surface area contributed by atoms with Crippen molar-refractivity contribution in [2.75, 3.05) is 17.4 Å². The van der Waals surface area contributed by atoms with Crippen LogP contribution in [0.4, 0.5) is 10.1 Å². The van der Waals surface area contributed by atoms with E-state index in [1.807, 2.05) is 6.92 Å². The number of hydrogen-bond donors (Lipinski definition) is 1. The average molecular weight is 581 g/mol. The molecule has 1 atom stereocenters. The van der Waals surface area contributed by atoms with Gasteiger partial charge >= 0.3 is 0 Å². The van der Waals surface area contributed by atoms with Crippen LogP contribution in [0.15, 0.2) is 71.6 Å². The van der Waals surface area contributed by atoms with Crippen molar-refractivity contribution in [3.8, 4) is 0 Å². The Bertz CT molecular complexity index is 1400. The molecule has 2 amide bonds. The van der Waals surface area contributed by atoms with Gasteiger partial charge in [-0.25, -0.2) is 12.8 Å². The van der Waals surface area contributed by atoms with E-state index in [1.54, 1.807) is 26.0 Å². The lowest BCUT2D eigenvalue weighted by atomic mass is 10.1. The minimum absolute atomic E-state index is 0.0242. The fourth-order valence-electron chi connectivity index (χ4n) is 3.70. The topological polar surface area (TPSA) is 86.8 Å². The Hall–Kier alpha value is -3.14. The van der Waals surface area contributed by atoms with Crippen LogP contribution in [0.5, 0.6) is 0 Å². The largest absolute Gasteiger partial charge is 0.355 e. The maximum absolute atomic E-state index is 13.8. The molecule has 7 nitrogen and oxygen atoms in total. The van der Waals surface area contributed by atoms with Gasteiger partial charge in [0.25, 0.3) is 10.0 Å². The lowest BCUT2D eigenvalue weighted by Crippen LogP contribution is -2.51. The highest BCUT2D eigenvalue weighted by molar-refractivity contribution is 7.92. The Morgan fingerprint density at radius 1 is 0.974 bits per heavy atom. The smallest absolute Gasteiger partial charge is 0.264 e. The van der Waals surface area contributed by atoms with Crippen LogP contribution in [0.25, 0.3) is 0 Å². The van der Waals surface area contributed by atoms with Gasteiger partial charge in [-0.2, -0.15) is 0 Å². The Morgan fingerprint density at radius 3 is 2.18 bits per heavy atom. The number of likely N-dealkylation sites (N-methyl/N-ethyl adjacent to an activating group) is 1. The molecule has 202 valence electrons. The summed E-state index contributed by atoms with van der Waals surface area (Å²) in [7, 11) is -4.23. The van der Waals surface area contributed by atoms with Crippen LogP contribution in [0.2, 0.25) is 10.0 Å². The van der Waals surface area contributed by atoms with Crippen LogP contribution in [0, 0.1) is 12.7 Å². The summed E-state index contributed by atoms with van der Waals surface area (Å²) in [6, 6.07) is 15.0. The zero-order chi connectivity index (χ0) is 28.0. The molecule has 3 rings (SSSR count). The molecule has 0 fully saturated rings. The fourth-order valence-corrected chi connectivity index (χ4v) is 5.40. The van der Waals surface area contributed by atoms with Gasteiger partial charge in [-0.05, 0) is 68.8 Å². The number of anilines is 1. The van der Waals surface area contributed by atoms with Crippen molar-refractivity contribution in [3.05, 3.63) is 93.7 Å². The van der Waals surface area contributed by atoms with Gasteiger partial charge in [0.1, 0.15) is 18.4 Å². The van der Waals surface area contributed by atoms with Gasteiger partial charge in [0.05, 0.1) is 20.6 Å².